The van der Waals surface area contributed by atoms with Crippen molar-refractivity contribution in [2.75, 3.05) is 55.4 Å². The number of hydrogen-bond donors (Lipinski definition) is 3. The van der Waals surface area contributed by atoms with Crippen LogP contribution in [0.4, 0.5) is 17.5 Å². The minimum absolute atomic E-state index is 0.106. The van der Waals surface area contributed by atoms with E-state index in [9.17, 15) is 9.59 Å². The number of benzene rings is 1. The lowest BCUT2D eigenvalue weighted by atomic mass is 10.1. The Morgan fingerprint density at radius 3 is 2.57 bits per heavy atom. The first-order chi connectivity index (χ1) is 13.7. The van der Waals surface area contributed by atoms with E-state index < -0.39 is 0 Å². The average molecular weight is 382 g/mol. The highest BCUT2D eigenvalue weighted by Crippen LogP contribution is 2.24. The number of anilines is 3. The lowest BCUT2D eigenvalue weighted by molar-refractivity contribution is 0.0955. The number of carbonyl (C=O) groups excluding carboxylic acids is 2. The number of hydrogen-bond acceptors (Lipinski definition) is 7. The van der Waals surface area contributed by atoms with Gasteiger partial charge < -0.3 is 20.3 Å². The Morgan fingerprint density at radius 1 is 1.11 bits per heavy atom. The molecule has 28 heavy (non-hydrogen) atoms. The molecule has 0 saturated carbocycles. The van der Waals surface area contributed by atoms with Crippen LogP contribution < -0.4 is 20.9 Å². The molecule has 9 heteroatoms. The maximum absolute atomic E-state index is 12.6. The van der Waals surface area contributed by atoms with Gasteiger partial charge in [-0.25, -0.2) is 4.98 Å². The van der Waals surface area contributed by atoms with Crippen LogP contribution in [0.25, 0.3) is 0 Å². The van der Waals surface area contributed by atoms with Crippen LogP contribution >= 0.6 is 0 Å². The van der Waals surface area contributed by atoms with E-state index in [0.717, 1.165) is 24.3 Å². The van der Waals surface area contributed by atoms with Crippen molar-refractivity contribution in [3.05, 3.63) is 41.1 Å². The molecule has 9 nitrogen and oxygen atoms in total. The summed E-state index contributed by atoms with van der Waals surface area (Å²) in [6, 6.07) is 7.37. The standard InChI is InChI=1S/C19H22N6O3/c1-20-18(27)15-14-6-7-21-16(14)23-19(22-15)24-17(26)12-2-4-13(5-3-12)25-8-10-28-11-9-25/h2-5H,6-11H2,1H3,(H,20,27)(H2,21,22,23,24,26). The van der Waals surface area contributed by atoms with Crippen LogP contribution in [0.1, 0.15) is 26.4 Å². The number of aromatic nitrogens is 2. The summed E-state index contributed by atoms with van der Waals surface area (Å²) in [5.41, 5.74) is 2.61. The van der Waals surface area contributed by atoms with E-state index in [4.69, 9.17) is 4.74 Å². The molecule has 0 radical (unpaired) electrons. The van der Waals surface area contributed by atoms with Gasteiger partial charge in [0, 0.05) is 43.5 Å². The predicted molar refractivity (Wildman–Crippen MR) is 105 cm³/mol. The van der Waals surface area contributed by atoms with E-state index in [-0.39, 0.29) is 23.5 Å². The zero-order valence-electron chi connectivity index (χ0n) is 15.6. The average Bonchev–Trinajstić information content (AvgIpc) is 3.22. The first-order valence-electron chi connectivity index (χ1n) is 9.26. The van der Waals surface area contributed by atoms with Crippen LogP contribution in [0.3, 0.4) is 0 Å². The fourth-order valence-electron chi connectivity index (χ4n) is 3.35. The van der Waals surface area contributed by atoms with Gasteiger partial charge >= 0.3 is 0 Å². The monoisotopic (exact) mass is 382 g/mol. The fraction of sp³-hybridized carbons (Fsp3) is 0.368. The maximum Gasteiger partial charge on any atom is 0.270 e. The number of fused-ring (bicyclic) bond motifs is 1. The van der Waals surface area contributed by atoms with Gasteiger partial charge in [-0.1, -0.05) is 0 Å². The summed E-state index contributed by atoms with van der Waals surface area (Å²) in [6.45, 7) is 3.78. The number of carbonyl (C=O) groups is 2. The molecule has 3 heterocycles. The predicted octanol–water partition coefficient (Wildman–Crippen LogP) is 0.893. The summed E-state index contributed by atoms with van der Waals surface area (Å²) in [5.74, 6) is 0.0719. The minimum atomic E-state index is -0.325. The third kappa shape index (κ3) is 3.61. The highest BCUT2D eigenvalue weighted by atomic mass is 16.5. The molecule has 0 unspecified atom stereocenters. The largest absolute Gasteiger partial charge is 0.378 e. The van der Waals surface area contributed by atoms with Gasteiger partial charge in [0.2, 0.25) is 5.95 Å². The first kappa shape index (κ1) is 18.2. The molecule has 2 amide bonds. The molecule has 1 aromatic heterocycles. The molecular weight excluding hydrogens is 360 g/mol. The van der Waals surface area contributed by atoms with E-state index in [2.05, 4.69) is 30.8 Å². The van der Waals surface area contributed by atoms with E-state index in [0.29, 0.717) is 37.6 Å². The Kier molecular flexibility index (Phi) is 5.07. The smallest absolute Gasteiger partial charge is 0.270 e. The molecule has 4 rings (SSSR count). The molecule has 1 aromatic carbocycles. The number of nitrogens with one attached hydrogen (secondary N) is 3. The molecule has 0 spiro atoms. The molecule has 2 aliphatic heterocycles. The topological polar surface area (TPSA) is 108 Å². The van der Waals surface area contributed by atoms with E-state index >= 15 is 0 Å². The van der Waals surface area contributed by atoms with Gasteiger partial charge in [-0.3, -0.25) is 14.9 Å². The van der Waals surface area contributed by atoms with Crippen molar-refractivity contribution in [2.24, 2.45) is 0 Å². The van der Waals surface area contributed by atoms with Crippen molar-refractivity contribution >= 4 is 29.3 Å². The zero-order chi connectivity index (χ0) is 19.5. The van der Waals surface area contributed by atoms with Crippen molar-refractivity contribution in [1.82, 2.24) is 15.3 Å². The second-order valence-corrected chi connectivity index (χ2v) is 6.58. The lowest BCUT2D eigenvalue weighted by Crippen LogP contribution is -2.36. The highest BCUT2D eigenvalue weighted by Gasteiger charge is 2.23. The summed E-state index contributed by atoms with van der Waals surface area (Å²) in [7, 11) is 1.55. The van der Waals surface area contributed by atoms with Crippen LogP contribution in [-0.2, 0) is 11.2 Å². The van der Waals surface area contributed by atoms with Crippen LogP contribution in [0, 0.1) is 0 Å². The van der Waals surface area contributed by atoms with Crippen molar-refractivity contribution in [1.29, 1.82) is 0 Å². The Hall–Kier alpha value is -3.20. The molecule has 3 N–H and O–H groups in total. The Labute approximate surface area is 162 Å². The number of morpholine rings is 1. The second-order valence-electron chi connectivity index (χ2n) is 6.58. The quantitative estimate of drug-likeness (QED) is 0.721. The third-order valence-corrected chi connectivity index (χ3v) is 4.85. The summed E-state index contributed by atoms with van der Waals surface area (Å²) < 4.78 is 5.36. The molecule has 0 aliphatic carbocycles. The van der Waals surface area contributed by atoms with Crippen LogP contribution in [0.15, 0.2) is 24.3 Å². The molecule has 0 bridgehead atoms. The summed E-state index contributed by atoms with van der Waals surface area (Å²) >= 11 is 0. The highest BCUT2D eigenvalue weighted by molar-refractivity contribution is 6.04. The maximum atomic E-state index is 12.6. The van der Waals surface area contributed by atoms with Crippen molar-refractivity contribution in [2.45, 2.75) is 6.42 Å². The molecule has 0 atom stereocenters. The van der Waals surface area contributed by atoms with Gasteiger partial charge in [-0.15, -0.1) is 0 Å². The number of amides is 2. The van der Waals surface area contributed by atoms with Gasteiger partial charge in [0.15, 0.2) is 0 Å². The number of ether oxygens (including phenoxy) is 1. The Balaban J connectivity index is 1.51. The zero-order valence-corrected chi connectivity index (χ0v) is 15.6. The van der Waals surface area contributed by atoms with Crippen LogP contribution in [0.5, 0.6) is 0 Å². The van der Waals surface area contributed by atoms with Crippen molar-refractivity contribution in [3.63, 3.8) is 0 Å². The Bertz CT molecular complexity index is 893. The normalized spacial score (nSPS) is 15.5. The first-order valence-corrected chi connectivity index (χ1v) is 9.26. The van der Waals surface area contributed by atoms with Gasteiger partial charge in [0.25, 0.3) is 11.8 Å². The van der Waals surface area contributed by atoms with E-state index in [1.165, 1.54) is 0 Å². The minimum Gasteiger partial charge on any atom is -0.378 e. The molecular formula is C19H22N6O3. The van der Waals surface area contributed by atoms with Gasteiger partial charge in [0.1, 0.15) is 11.5 Å². The van der Waals surface area contributed by atoms with Gasteiger partial charge in [0.05, 0.1) is 13.2 Å². The molecule has 2 aromatic rings. The van der Waals surface area contributed by atoms with Gasteiger partial charge in [-0.2, -0.15) is 4.98 Å². The summed E-state index contributed by atoms with van der Waals surface area (Å²) in [4.78, 5) is 35.5. The second kappa shape index (κ2) is 7.81. The third-order valence-electron chi connectivity index (χ3n) is 4.85. The number of rotatable bonds is 4. The van der Waals surface area contributed by atoms with Crippen molar-refractivity contribution in [3.8, 4) is 0 Å². The summed E-state index contributed by atoms with van der Waals surface area (Å²) in [5, 5.41) is 8.39. The number of nitrogens with zero attached hydrogens (tertiary/aromatic N) is 3. The van der Waals surface area contributed by atoms with E-state index in [1.807, 2.05) is 12.1 Å². The van der Waals surface area contributed by atoms with Crippen LogP contribution in [0.2, 0.25) is 0 Å². The Morgan fingerprint density at radius 2 is 1.86 bits per heavy atom. The SMILES string of the molecule is CNC(=O)c1nc(NC(=O)c2ccc(N3CCOCC3)cc2)nc2c1CCN2. The van der Waals surface area contributed by atoms with E-state index in [1.54, 1.807) is 19.2 Å². The van der Waals surface area contributed by atoms with Crippen LogP contribution in [-0.4, -0.2) is 61.7 Å². The molecule has 1 saturated heterocycles. The molecule has 2 aliphatic rings. The summed E-state index contributed by atoms with van der Waals surface area (Å²) in [6.07, 6.45) is 0.676. The lowest BCUT2D eigenvalue weighted by Gasteiger charge is -2.28. The fourth-order valence-corrected chi connectivity index (χ4v) is 3.35. The molecule has 146 valence electrons. The van der Waals surface area contributed by atoms with Gasteiger partial charge in [-0.05, 0) is 30.7 Å². The van der Waals surface area contributed by atoms with Crippen molar-refractivity contribution < 1.29 is 14.3 Å². The molecule has 1 fully saturated rings.